The average molecular weight is 438 g/mol. The number of amides is 1. The zero-order chi connectivity index (χ0) is 21.5. The van der Waals surface area contributed by atoms with E-state index >= 15 is 0 Å². The number of fused-ring (bicyclic) bond motifs is 1. The summed E-state index contributed by atoms with van der Waals surface area (Å²) >= 11 is 5.83. The summed E-state index contributed by atoms with van der Waals surface area (Å²) < 4.78 is 43.2. The van der Waals surface area contributed by atoms with Gasteiger partial charge in [-0.3, -0.25) is 15.0 Å². The number of halogens is 4. The van der Waals surface area contributed by atoms with Gasteiger partial charge in [-0.2, -0.15) is 0 Å². The zero-order valence-electron chi connectivity index (χ0n) is 15.4. The van der Waals surface area contributed by atoms with Crippen molar-refractivity contribution in [2.75, 3.05) is 5.43 Å². The molecule has 0 unspecified atom stereocenters. The number of nitrogens with zero attached hydrogens (tertiary/aromatic N) is 2. The highest BCUT2D eigenvalue weighted by molar-refractivity contribution is 6.30. The summed E-state index contributed by atoms with van der Waals surface area (Å²) in [5.74, 6) is -0.948. The van der Waals surface area contributed by atoms with Crippen LogP contribution >= 0.6 is 11.6 Å². The van der Waals surface area contributed by atoms with Crippen LogP contribution in [0.2, 0.25) is 5.02 Å². The minimum Gasteiger partial charge on any atom is -0.403 e. The molecule has 2 aromatic carbocycles. The number of nitrogens with one attached hydrogen (secondary N) is 1. The number of ether oxygens (including phenoxy) is 1. The van der Waals surface area contributed by atoms with E-state index in [0.29, 0.717) is 23.4 Å². The second-order valence-electron chi connectivity index (χ2n) is 6.92. The van der Waals surface area contributed by atoms with Gasteiger partial charge in [0.25, 0.3) is 5.56 Å². The quantitative estimate of drug-likeness (QED) is 0.651. The second kappa shape index (κ2) is 7.64. The molecule has 156 valence electrons. The average Bonchev–Trinajstić information content (AvgIpc) is 3.50. The van der Waals surface area contributed by atoms with Gasteiger partial charge >= 0.3 is 6.36 Å². The first-order chi connectivity index (χ1) is 14.2. The van der Waals surface area contributed by atoms with Crippen LogP contribution in [0.3, 0.4) is 0 Å². The number of para-hydroxylation sites is 1. The van der Waals surface area contributed by atoms with Gasteiger partial charge < -0.3 is 4.74 Å². The van der Waals surface area contributed by atoms with Crippen molar-refractivity contribution >= 4 is 28.4 Å². The molecule has 1 heterocycles. The van der Waals surface area contributed by atoms with E-state index in [2.05, 4.69) is 15.1 Å². The normalized spacial score (nSPS) is 14.0. The van der Waals surface area contributed by atoms with Crippen LogP contribution in [0.5, 0.6) is 5.75 Å². The van der Waals surface area contributed by atoms with Crippen LogP contribution in [0.15, 0.2) is 47.3 Å². The summed E-state index contributed by atoms with van der Waals surface area (Å²) in [6.07, 6.45) is -3.50. The summed E-state index contributed by atoms with van der Waals surface area (Å²) in [4.78, 5) is 29.7. The molecule has 1 aliphatic carbocycles. The molecule has 1 fully saturated rings. The third kappa shape index (κ3) is 4.40. The summed E-state index contributed by atoms with van der Waals surface area (Å²) in [6, 6.07) is 10.4. The van der Waals surface area contributed by atoms with E-state index in [9.17, 15) is 22.8 Å². The van der Waals surface area contributed by atoms with Gasteiger partial charge in [0.05, 0.1) is 11.8 Å². The van der Waals surface area contributed by atoms with Gasteiger partial charge in [-0.1, -0.05) is 29.8 Å². The Bertz CT molecular complexity index is 1170. The third-order valence-corrected chi connectivity index (χ3v) is 4.82. The first-order valence-electron chi connectivity index (χ1n) is 9.07. The van der Waals surface area contributed by atoms with Crippen molar-refractivity contribution in [1.82, 2.24) is 9.66 Å². The van der Waals surface area contributed by atoms with Crippen molar-refractivity contribution in [2.45, 2.75) is 31.5 Å². The van der Waals surface area contributed by atoms with Gasteiger partial charge in [0.1, 0.15) is 11.3 Å². The van der Waals surface area contributed by atoms with Gasteiger partial charge in [0.2, 0.25) is 5.91 Å². The fourth-order valence-corrected chi connectivity index (χ4v) is 3.21. The van der Waals surface area contributed by atoms with Gasteiger partial charge in [-0.25, -0.2) is 9.66 Å². The summed E-state index contributed by atoms with van der Waals surface area (Å²) in [7, 11) is 0. The first kappa shape index (κ1) is 20.2. The highest BCUT2D eigenvalue weighted by Crippen LogP contribution is 2.39. The van der Waals surface area contributed by atoms with Crippen LogP contribution in [-0.2, 0) is 11.2 Å². The lowest BCUT2D eigenvalue weighted by molar-refractivity contribution is -0.274. The summed E-state index contributed by atoms with van der Waals surface area (Å²) in [5.41, 5.74) is 2.36. The molecule has 3 aromatic rings. The van der Waals surface area contributed by atoms with Gasteiger partial charge in [-0.05, 0) is 42.7 Å². The second-order valence-corrected chi connectivity index (χ2v) is 7.36. The molecule has 0 saturated heterocycles. The molecule has 1 N–H and O–H groups in total. The Morgan fingerprint density at radius 1 is 1.20 bits per heavy atom. The monoisotopic (exact) mass is 437 g/mol. The van der Waals surface area contributed by atoms with Crippen LogP contribution in [0, 0.1) is 0 Å². The fraction of sp³-hybridized carbons (Fsp3) is 0.250. The van der Waals surface area contributed by atoms with E-state index in [-0.39, 0.29) is 29.1 Å². The molecule has 4 rings (SSSR count). The Labute approximate surface area is 173 Å². The predicted octanol–water partition coefficient (Wildman–Crippen LogP) is 4.14. The number of carbonyl (C=O) groups is 1. The molecule has 0 radical (unpaired) electrons. The van der Waals surface area contributed by atoms with Crippen molar-refractivity contribution in [3.05, 3.63) is 69.2 Å². The predicted molar refractivity (Wildman–Crippen MR) is 104 cm³/mol. The molecular weight excluding hydrogens is 423 g/mol. The van der Waals surface area contributed by atoms with E-state index in [4.69, 9.17) is 11.6 Å². The molecule has 0 spiro atoms. The van der Waals surface area contributed by atoms with Crippen molar-refractivity contribution in [2.24, 2.45) is 0 Å². The number of hydrogen-bond acceptors (Lipinski definition) is 4. The Morgan fingerprint density at radius 2 is 1.90 bits per heavy atom. The molecule has 0 aliphatic heterocycles. The minimum atomic E-state index is -4.92. The van der Waals surface area contributed by atoms with Crippen LogP contribution in [0.4, 0.5) is 13.2 Å². The van der Waals surface area contributed by atoms with Crippen molar-refractivity contribution in [3.8, 4) is 5.75 Å². The molecule has 0 atom stereocenters. The molecule has 1 aliphatic rings. The topological polar surface area (TPSA) is 73.2 Å². The lowest BCUT2D eigenvalue weighted by Crippen LogP contribution is -2.37. The van der Waals surface area contributed by atoms with Gasteiger partial charge in [0.15, 0.2) is 5.75 Å². The van der Waals surface area contributed by atoms with Crippen LogP contribution in [-0.4, -0.2) is 21.9 Å². The van der Waals surface area contributed by atoms with E-state index in [1.807, 2.05) is 0 Å². The number of aromatic nitrogens is 2. The lowest BCUT2D eigenvalue weighted by Gasteiger charge is -2.16. The number of hydrogen-bond donors (Lipinski definition) is 1. The summed E-state index contributed by atoms with van der Waals surface area (Å²) in [6.45, 7) is 0. The smallest absolute Gasteiger partial charge is 0.403 e. The zero-order valence-corrected chi connectivity index (χ0v) is 16.1. The highest BCUT2D eigenvalue weighted by Gasteiger charge is 2.34. The lowest BCUT2D eigenvalue weighted by atomic mass is 10.1. The van der Waals surface area contributed by atoms with E-state index < -0.39 is 23.6 Å². The molecular formula is C20H15ClF3N3O3. The van der Waals surface area contributed by atoms with Crippen LogP contribution in [0.1, 0.15) is 30.1 Å². The first-order valence-corrected chi connectivity index (χ1v) is 9.45. The van der Waals surface area contributed by atoms with Crippen molar-refractivity contribution < 1.29 is 22.7 Å². The van der Waals surface area contributed by atoms with Crippen molar-refractivity contribution in [1.29, 1.82) is 0 Å². The van der Waals surface area contributed by atoms with E-state index in [1.165, 1.54) is 12.1 Å². The maximum atomic E-state index is 13.0. The number of benzene rings is 2. The Hall–Kier alpha value is -3.07. The van der Waals surface area contributed by atoms with Crippen LogP contribution < -0.4 is 15.7 Å². The fourth-order valence-electron chi connectivity index (χ4n) is 3.08. The highest BCUT2D eigenvalue weighted by atomic mass is 35.5. The number of alkyl halides is 3. The molecule has 6 nitrogen and oxygen atoms in total. The van der Waals surface area contributed by atoms with Crippen molar-refractivity contribution in [3.63, 3.8) is 0 Å². The SMILES string of the molecule is O=C(Cc1ccc(Cl)cc1)Nn1c(C2CC2)nc2c(OC(F)(F)F)cccc2c1=O. The number of rotatable bonds is 5. The molecule has 0 bridgehead atoms. The maximum absolute atomic E-state index is 13.0. The van der Waals surface area contributed by atoms with E-state index in [1.54, 1.807) is 24.3 Å². The minimum absolute atomic E-state index is 0.0109. The maximum Gasteiger partial charge on any atom is 0.573 e. The Balaban J connectivity index is 1.71. The largest absolute Gasteiger partial charge is 0.573 e. The summed E-state index contributed by atoms with van der Waals surface area (Å²) in [5, 5.41) is 0.440. The standard InChI is InChI=1S/C20H15ClF3N3O3/c21-13-8-4-11(5-9-13)10-16(28)26-27-18(12-6-7-12)25-17-14(19(27)29)2-1-3-15(17)30-20(22,23)24/h1-5,8-9,12H,6-7,10H2,(H,26,28). The molecule has 1 saturated carbocycles. The molecule has 30 heavy (non-hydrogen) atoms. The molecule has 1 amide bonds. The Morgan fingerprint density at radius 3 is 2.53 bits per heavy atom. The van der Waals surface area contributed by atoms with Crippen LogP contribution in [0.25, 0.3) is 10.9 Å². The third-order valence-electron chi connectivity index (χ3n) is 4.57. The Kier molecular flexibility index (Phi) is 5.15. The van der Waals surface area contributed by atoms with E-state index in [0.717, 1.165) is 10.7 Å². The molecule has 1 aromatic heterocycles. The van der Waals surface area contributed by atoms with Gasteiger partial charge in [-0.15, -0.1) is 13.2 Å². The molecule has 10 heteroatoms. The van der Waals surface area contributed by atoms with Gasteiger partial charge in [0, 0.05) is 10.9 Å². The number of carbonyl (C=O) groups excluding carboxylic acids is 1.